The van der Waals surface area contributed by atoms with Crippen LogP contribution < -0.4 is 4.74 Å². The Bertz CT molecular complexity index is 1120. The molecular weight excluding hydrogens is 362 g/mol. The van der Waals surface area contributed by atoms with Crippen LogP contribution in [0.5, 0.6) is 5.75 Å². The van der Waals surface area contributed by atoms with Gasteiger partial charge in [0.2, 0.25) is 5.91 Å². The van der Waals surface area contributed by atoms with E-state index in [2.05, 4.69) is 4.98 Å². The number of aromatic amines is 1. The zero-order chi connectivity index (χ0) is 19.6. The third kappa shape index (κ3) is 2.30. The van der Waals surface area contributed by atoms with E-state index in [1.807, 2.05) is 18.2 Å². The van der Waals surface area contributed by atoms with Crippen molar-refractivity contribution in [3.05, 3.63) is 64.9 Å². The van der Waals surface area contributed by atoms with Crippen molar-refractivity contribution in [2.75, 3.05) is 13.7 Å². The normalized spacial score (nSPS) is 19.7. The van der Waals surface area contributed by atoms with Crippen molar-refractivity contribution < 1.29 is 18.3 Å². The molecule has 4 nitrogen and oxygen atoms in total. The van der Waals surface area contributed by atoms with Crippen LogP contribution in [-0.2, 0) is 10.2 Å². The van der Waals surface area contributed by atoms with Crippen LogP contribution in [0.4, 0.5) is 8.78 Å². The van der Waals surface area contributed by atoms with E-state index in [0.717, 1.165) is 41.1 Å². The maximum absolute atomic E-state index is 14.8. The lowest BCUT2D eigenvalue weighted by Crippen LogP contribution is -2.44. The van der Waals surface area contributed by atoms with Gasteiger partial charge in [-0.2, -0.15) is 0 Å². The number of carbonyl (C=O) groups excluding carboxylic acids is 1. The van der Waals surface area contributed by atoms with Crippen molar-refractivity contribution in [1.82, 2.24) is 9.88 Å². The van der Waals surface area contributed by atoms with Gasteiger partial charge in [0.25, 0.3) is 0 Å². The van der Waals surface area contributed by atoms with Crippen LogP contribution in [0.1, 0.15) is 42.6 Å². The number of rotatable bonds is 2. The van der Waals surface area contributed by atoms with Crippen LogP contribution in [0.15, 0.2) is 36.4 Å². The fraction of sp³-hybridized carbons (Fsp3) is 0.318. The van der Waals surface area contributed by atoms with Crippen molar-refractivity contribution >= 4 is 16.8 Å². The third-order valence-corrected chi connectivity index (χ3v) is 6.15. The molecule has 28 heavy (non-hydrogen) atoms. The van der Waals surface area contributed by atoms with Gasteiger partial charge in [0.15, 0.2) is 0 Å². The summed E-state index contributed by atoms with van der Waals surface area (Å²) in [6, 6.07) is 8.77. The van der Waals surface area contributed by atoms with Crippen molar-refractivity contribution in [2.24, 2.45) is 0 Å². The second kappa shape index (κ2) is 5.80. The Balaban J connectivity index is 1.82. The summed E-state index contributed by atoms with van der Waals surface area (Å²) in [6.45, 7) is 2.03. The average Bonchev–Trinajstić information content (AvgIpc) is 3.31. The van der Waals surface area contributed by atoms with E-state index < -0.39 is 17.7 Å². The van der Waals surface area contributed by atoms with Crippen molar-refractivity contribution in [3.63, 3.8) is 0 Å². The molecule has 1 aliphatic heterocycles. The molecule has 0 radical (unpaired) electrons. The number of nitrogens with zero attached hydrogens (tertiary/aromatic N) is 1. The minimum absolute atomic E-state index is 0.112. The van der Waals surface area contributed by atoms with Gasteiger partial charge in [-0.1, -0.05) is 18.2 Å². The number of hydrogen-bond acceptors (Lipinski definition) is 2. The van der Waals surface area contributed by atoms with Crippen molar-refractivity contribution in [1.29, 1.82) is 0 Å². The number of halogens is 2. The van der Waals surface area contributed by atoms with Gasteiger partial charge in [0, 0.05) is 41.6 Å². The van der Waals surface area contributed by atoms with Crippen LogP contribution in [-0.4, -0.2) is 29.4 Å². The van der Waals surface area contributed by atoms with Crippen LogP contribution in [0.25, 0.3) is 10.9 Å². The number of para-hydroxylation sites is 1. The SMILES string of the molecule is COc1cccc2c3c([nH]c12)C(c1ccc(F)cc1F)N(C(C)=O)CC31CC1. The fourth-order valence-corrected chi connectivity index (χ4v) is 4.71. The highest BCUT2D eigenvalue weighted by molar-refractivity contribution is 5.92. The zero-order valence-corrected chi connectivity index (χ0v) is 15.7. The Labute approximate surface area is 161 Å². The van der Waals surface area contributed by atoms with Crippen LogP contribution >= 0.6 is 0 Å². The number of fused-ring (bicyclic) bond motifs is 4. The molecular formula is C22H20F2N2O2. The summed E-state index contributed by atoms with van der Waals surface area (Å²) in [5.41, 5.74) is 2.95. The Hall–Kier alpha value is -2.89. The molecule has 2 aliphatic rings. The number of hydrogen-bond donors (Lipinski definition) is 1. The van der Waals surface area contributed by atoms with Gasteiger partial charge >= 0.3 is 0 Å². The quantitative estimate of drug-likeness (QED) is 0.712. The maximum atomic E-state index is 14.8. The Morgan fingerprint density at radius 3 is 2.68 bits per heavy atom. The zero-order valence-electron chi connectivity index (χ0n) is 15.7. The predicted octanol–water partition coefficient (Wildman–Crippen LogP) is 4.44. The highest BCUT2D eigenvalue weighted by Gasteiger charge is 2.54. The van der Waals surface area contributed by atoms with E-state index in [1.54, 1.807) is 12.0 Å². The number of ether oxygens (including phenoxy) is 1. The Morgan fingerprint density at radius 2 is 2.04 bits per heavy atom. The molecule has 1 amide bonds. The van der Waals surface area contributed by atoms with Crippen LogP contribution in [0, 0.1) is 11.6 Å². The number of H-pyrrole nitrogens is 1. The first-order valence-corrected chi connectivity index (χ1v) is 9.36. The molecule has 1 fully saturated rings. The lowest BCUT2D eigenvalue weighted by Gasteiger charge is -2.40. The summed E-state index contributed by atoms with van der Waals surface area (Å²) >= 11 is 0. The molecule has 1 saturated carbocycles. The van der Waals surface area contributed by atoms with Gasteiger partial charge in [0.1, 0.15) is 23.4 Å². The molecule has 1 N–H and O–H groups in total. The second-order valence-electron chi connectivity index (χ2n) is 7.79. The molecule has 0 bridgehead atoms. The number of methoxy groups -OCH3 is 1. The molecule has 1 spiro atoms. The molecule has 5 rings (SSSR count). The number of benzene rings is 2. The molecule has 1 unspecified atom stereocenters. The van der Waals surface area contributed by atoms with Crippen LogP contribution in [0.3, 0.4) is 0 Å². The Morgan fingerprint density at radius 1 is 1.25 bits per heavy atom. The molecule has 144 valence electrons. The van der Waals surface area contributed by atoms with Crippen molar-refractivity contribution in [3.8, 4) is 5.75 Å². The molecule has 0 saturated heterocycles. The maximum Gasteiger partial charge on any atom is 0.220 e. The van der Waals surface area contributed by atoms with E-state index in [0.29, 0.717) is 17.9 Å². The molecule has 1 aliphatic carbocycles. The summed E-state index contributed by atoms with van der Waals surface area (Å²) in [5, 5.41) is 1.04. The van der Waals surface area contributed by atoms with Gasteiger partial charge in [-0.25, -0.2) is 8.78 Å². The highest BCUT2D eigenvalue weighted by Crippen LogP contribution is 2.58. The number of carbonyl (C=O) groups is 1. The molecule has 2 heterocycles. The number of nitrogens with one attached hydrogen (secondary N) is 1. The molecule has 6 heteroatoms. The molecule has 2 aromatic carbocycles. The second-order valence-corrected chi connectivity index (χ2v) is 7.79. The van der Waals surface area contributed by atoms with Gasteiger partial charge in [0.05, 0.1) is 12.6 Å². The summed E-state index contributed by atoms with van der Waals surface area (Å²) in [5.74, 6) is -0.713. The molecule has 1 atom stereocenters. The monoisotopic (exact) mass is 382 g/mol. The highest BCUT2D eigenvalue weighted by atomic mass is 19.1. The molecule has 3 aromatic rings. The lowest BCUT2D eigenvalue weighted by molar-refractivity contribution is -0.131. The number of aromatic nitrogens is 1. The van der Waals surface area contributed by atoms with E-state index in [4.69, 9.17) is 4.74 Å². The minimum atomic E-state index is -0.653. The summed E-state index contributed by atoms with van der Waals surface area (Å²) in [7, 11) is 1.61. The predicted molar refractivity (Wildman–Crippen MR) is 101 cm³/mol. The topological polar surface area (TPSA) is 45.3 Å². The first-order chi connectivity index (χ1) is 13.4. The largest absolute Gasteiger partial charge is 0.495 e. The van der Waals surface area contributed by atoms with E-state index in [-0.39, 0.29) is 11.3 Å². The fourth-order valence-electron chi connectivity index (χ4n) is 4.71. The lowest BCUT2D eigenvalue weighted by atomic mass is 9.83. The van der Waals surface area contributed by atoms with Gasteiger partial charge in [-0.3, -0.25) is 4.79 Å². The first-order valence-electron chi connectivity index (χ1n) is 9.36. The van der Waals surface area contributed by atoms with Gasteiger partial charge in [-0.15, -0.1) is 0 Å². The summed E-state index contributed by atoms with van der Waals surface area (Å²) in [6.07, 6.45) is 1.96. The van der Waals surface area contributed by atoms with Crippen molar-refractivity contribution in [2.45, 2.75) is 31.2 Å². The number of amides is 1. The average molecular weight is 382 g/mol. The van der Waals surface area contributed by atoms with Crippen LogP contribution in [0.2, 0.25) is 0 Å². The summed E-state index contributed by atoms with van der Waals surface area (Å²) in [4.78, 5) is 17.6. The standard InChI is InChI=1S/C22H20F2N2O2/c1-12(27)26-11-22(8-9-22)18-15-4-3-5-17(28-2)19(15)25-20(18)21(26)14-7-6-13(23)10-16(14)24/h3-7,10,21,25H,8-9,11H2,1-2H3. The smallest absolute Gasteiger partial charge is 0.220 e. The van der Waals surface area contributed by atoms with Gasteiger partial charge in [-0.05, 0) is 30.5 Å². The molecule has 1 aromatic heterocycles. The van der Waals surface area contributed by atoms with E-state index in [1.165, 1.54) is 19.1 Å². The van der Waals surface area contributed by atoms with E-state index >= 15 is 0 Å². The minimum Gasteiger partial charge on any atom is -0.495 e. The first kappa shape index (κ1) is 17.2. The van der Waals surface area contributed by atoms with E-state index in [9.17, 15) is 13.6 Å². The summed E-state index contributed by atoms with van der Waals surface area (Å²) < 4.78 is 33.8. The Kier molecular flexibility index (Phi) is 3.57. The third-order valence-electron chi connectivity index (χ3n) is 6.15. The van der Waals surface area contributed by atoms with Gasteiger partial charge < -0.3 is 14.6 Å².